The van der Waals surface area contributed by atoms with Crippen molar-refractivity contribution in [2.24, 2.45) is 11.8 Å². The number of hydrogen-bond donors (Lipinski definition) is 0. The Kier molecular flexibility index (Phi) is 65.9. The molecule has 0 heterocycles. The van der Waals surface area contributed by atoms with Gasteiger partial charge in [-0.25, -0.2) is 0 Å². The highest BCUT2D eigenvalue weighted by atomic mass is 35.5. The molecule has 0 saturated heterocycles. The Hall–Kier alpha value is -2.12. The maximum atomic E-state index is 11.1. The molecule has 2 aliphatic carbocycles. The molecule has 454 valence electrons. The van der Waals surface area contributed by atoms with E-state index < -0.39 is 0 Å². The standard InChI is InChI=1S/C9H18O.3C7H7Cl.C6H5Cl.C6H10O.2C5H11Cl.C5H8O.C4H9Cl.C3H7Cl.C3H6O/c1-7(2)5-9(10)6-8(3)4;1-6-2-4-7(8)5-3-6;1-6-3-2-4-7(8)5-6;1-6-4-2-3-5-7(6)8;2*7-6-4-2-1-3-5-6;1-4-5(2,3)6;1-2-3-4-5-6;6-5-3-1-2-4-5;1-4(2,3)5;2*1-3(2)4/h7-8H,5-6H2,1-4H3;3*2-5H,1H3;1-5H;1-5H2;4H2,1-3H3;2-5H2,1H3;1-4H2;1-3H3;3H,1-2H3;1-2H3. The van der Waals surface area contributed by atoms with Gasteiger partial charge >= 0.3 is 0 Å². The molecule has 0 bridgehead atoms. The first-order chi connectivity index (χ1) is 36.5. The molecule has 2 aliphatic rings. The first kappa shape index (κ1) is 88.1. The topological polar surface area (TPSA) is 68.3 Å². The van der Waals surface area contributed by atoms with Gasteiger partial charge in [-0.05, 0) is 187 Å². The van der Waals surface area contributed by atoms with Crippen molar-refractivity contribution in [2.75, 3.05) is 5.88 Å². The van der Waals surface area contributed by atoms with Crippen LogP contribution in [0, 0.1) is 32.6 Å². The molecule has 4 nitrogen and oxygen atoms in total. The first-order valence-corrected chi connectivity index (χ1v) is 31.2. The van der Waals surface area contributed by atoms with Crippen LogP contribution in [0.1, 0.15) is 217 Å². The van der Waals surface area contributed by atoms with E-state index in [1.807, 2.05) is 172 Å². The van der Waals surface area contributed by atoms with Gasteiger partial charge in [0.25, 0.3) is 0 Å². The van der Waals surface area contributed by atoms with Crippen molar-refractivity contribution in [3.05, 3.63) is 140 Å². The molecule has 0 unspecified atom stereocenters. The van der Waals surface area contributed by atoms with E-state index in [0.29, 0.717) is 34.6 Å². The Morgan fingerprint density at radius 1 is 0.532 bits per heavy atom. The van der Waals surface area contributed by atoms with Gasteiger partial charge in [-0.3, -0.25) is 14.4 Å². The molecule has 0 aromatic heterocycles. The van der Waals surface area contributed by atoms with Crippen LogP contribution in [0.2, 0.25) is 20.1 Å². The van der Waals surface area contributed by atoms with E-state index in [0.717, 1.165) is 102 Å². The molecule has 0 radical (unpaired) electrons. The number of ketones is 4. The molecule has 6 rings (SSSR count). The fraction of sp³-hybridized carbons (Fsp3) is 0.582. The molecule has 0 spiro atoms. The highest BCUT2D eigenvalue weighted by molar-refractivity contribution is 6.31. The van der Waals surface area contributed by atoms with Crippen LogP contribution in [0.15, 0.2) is 103 Å². The molecular weight excluding hydrogens is 1150 g/mol. The van der Waals surface area contributed by atoms with Crippen molar-refractivity contribution in [3.63, 3.8) is 0 Å². The summed E-state index contributed by atoms with van der Waals surface area (Å²) < 4.78 is 0. The van der Waals surface area contributed by atoms with E-state index >= 15 is 0 Å². The second-order valence-corrected chi connectivity index (χ2v) is 26.8. The maximum Gasteiger partial charge on any atom is 0.133 e. The van der Waals surface area contributed by atoms with Gasteiger partial charge in [-0.15, -0.1) is 46.4 Å². The Morgan fingerprint density at radius 3 is 1.10 bits per heavy atom. The molecule has 0 aliphatic heterocycles. The van der Waals surface area contributed by atoms with Gasteiger partial charge in [0.1, 0.15) is 23.1 Å². The number of carbonyl (C=O) groups excluding carboxylic acids is 4. The number of benzene rings is 4. The van der Waals surface area contributed by atoms with Crippen molar-refractivity contribution in [3.8, 4) is 0 Å². The summed E-state index contributed by atoms with van der Waals surface area (Å²) in [4.78, 5) is 41.2. The van der Waals surface area contributed by atoms with E-state index in [1.165, 1.54) is 50.7 Å². The minimum absolute atomic E-state index is 0.0139. The molecule has 4 aromatic rings. The van der Waals surface area contributed by atoms with Crippen LogP contribution >= 0.6 is 92.8 Å². The van der Waals surface area contributed by atoms with E-state index in [2.05, 4.69) is 41.5 Å². The predicted molar refractivity (Wildman–Crippen MR) is 359 cm³/mol. The Bertz CT molecular complexity index is 1900. The number of hydrogen-bond acceptors (Lipinski definition) is 4. The lowest BCUT2D eigenvalue weighted by Crippen LogP contribution is -2.05. The van der Waals surface area contributed by atoms with Crippen LogP contribution in [0.4, 0.5) is 0 Å². The second-order valence-electron chi connectivity index (χ2n) is 21.7. The van der Waals surface area contributed by atoms with Gasteiger partial charge in [-0.1, -0.05) is 173 Å². The highest BCUT2D eigenvalue weighted by Crippen LogP contribution is 2.16. The van der Waals surface area contributed by atoms with E-state index in [4.69, 9.17) is 92.8 Å². The van der Waals surface area contributed by atoms with Gasteiger partial charge in [0.05, 0.1) is 0 Å². The van der Waals surface area contributed by atoms with Gasteiger partial charge in [0.2, 0.25) is 0 Å². The number of Topliss-reactive ketones (excluding diaryl/α,β-unsaturated/α-hetero) is 4. The minimum Gasteiger partial charge on any atom is -0.300 e. The van der Waals surface area contributed by atoms with Crippen LogP contribution in [-0.4, -0.2) is 44.1 Å². The summed E-state index contributed by atoms with van der Waals surface area (Å²) in [5, 5.41) is 3.55. The normalized spacial score (nSPS) is 11.8. The number of aryl methyl sites for hydroxylation is 3. The first-order valence-electron chi connectivity index (χ1n) is 28.0. The molecule has 0 N–H and O–H groups in total. The summed E-state index contributed by atoms with van der Waals surface area (Å²) in [5.41, 5.74) is 3.58. The van der Waals surface area contributed by atoms with Crippen LogP contribution < -0.4 is 0 Å². The molecule has 2 saturated carbocycles. The van der Waals surface area contributed by atoms with E-state index in [9.17, 15) is 19.2 Å². The number of rotatable bonds is 8. The Morgan fingerprint density at radius 2 is 0.886 bits per heavy atom. The lowest BCUT2D eigenvalue weighted by molar-refractivity contribution is -0.121. The smallest absolute Gasteiger partial charge is 0.133 e. The second kappa shape index (κ2) is 59.1. The molecule has 0 atom stereocenters. The van der Waals surface area contributed by atoms with Crippen molar-refractivity contribution in [2.45, 2.75) is 236 Å². The average Bonchev–Trinajstić information content (AvgIpc) is 3.81. The van der Waals surface area contributed by atoms with Crippen molar-refractivity contribution in [1.29, 1.82) is 0 Å². The minimum atomic E-state index is -0.0278. The number of carbonyl (C=O) groups is 4. The van der Waals surface area contributed by atoms with E-state index in [1.54, 1.807) is 0 Å². The van der Waals surface area contributed by atoms with Crippen LogP contribution in [-0.2, 0) is 19.2 Å². The zero-order valence-corrected chi connectivity index (χ0v) is 58.1. The van der Waals surface area contributed by atoms with Crippen molar-refractivity contribution >= 4 is 116 Å². The van der Waals surface area contributed by atoms with E-state index in [-0.39, 0.29) is 15.5 Å². The van der Waals surface area contributed by atoms with Gasteiger partial charge in [0, 0.05) is 79.6 Å². The van der Waals surface area contributed by atoms with Crippen LogP contribution in [0.5, 0.6) is 0 Å². The third kappa shape index (κ3) is 95.4. The Labute approximate surface area is 524 Å². The molecule has 0 amide bonds. The average molecular weight is 1260 g/mol. The quantitative estimate of drug-likeness (QED) is 0.130. The number of halogens is 8. The summed E-state index contributed by atoms with van der Waals surface area (Å²) >= 11 is 44.4. The predicted octanol–water partition coefficient (Wildman–Crippen LogP) is 24.7. The zero-order chi connectivity index (χ0) is 62.4. The third-order valence-corrected chi connectivity index (χ3v) is 10.9. The van der Waals surface area contributed by atoms with Crippen LogP contribution in [0.3, 0.4) is 0 Å². The zero-order valence-electron chi connectivity index (χ0n) is 52.0. The summed E-state index contributed by atoms with van der Waals surface area (Å²) in [5.74, 6) is 3.36. The van der Waals surface area contributed by atoms with Gasteiger partial charge in [0.15, 0.2) is 0 Å². The third-order valence-electron chi connectivity index (χ3n) is 9.22. The molecule has 79 heavy (non-hydrogen) atoms. The lowest BCUT2D eigenvalue weighted by atomic mass is 10.00. The van der Waals surface area contributed by atoms with Crippen molar-refractivity contribution in [1.82, 2.24) is 0 Å². The lowest BCUT2D eigenvalue weighted by Gasteiger charge is -2.09. The largest absolute Gasteiger partial charge is 0.300 e. The summed E-state index contributed by atoms with van der Waals surface area (Å²) in [6, 6.07) is 32.7. The highest BCUT2D eigenvalue weighted by Gasteiger charge is 2.09. The SMILES string of the molecule is CC(C)(C)Cl.CC(C)=O.CC(C)CC(=O)CC(C)C.CC(C)Cl.CCC(C)(C)Cl.CCCCCCl.Cc1ccc(Cl)cc1.Cc1cccc(Cl)c1.Cc1ccccc1Cl.Clc1ccccc1.O=C1CCCC1.O=C1CCCCC1. The molecule has 12 heteroatoms. The summed E-state index contributed by atoms with van der Waals surface area (Å²) in [6.45, 7) is 35.4. The number of unbranched alkanes of at least 4 members (excludes halogenated alkanes) is 2. The molecular formula is C67H106Cl8O4. The maximum absolute atomic E-state index is 11.1. The monoisotopic (exact) mass is 1250 g/mol. The van der Waals surface area contributed by atoms with Crippen LogP contribution in [0.25, 0.3) is 0 Å². The Balaban J connectivity index is -0.000000185. The van der Waals surface area contributed by atoms with Crippen molar-refractivity contribution < 1.29 is 19.2 Å². The summed E-state index contributed by atoms with van der Waals surface area (Å²) in [6.07, 6.45) is 15.5. The summed E-state index contributed by atoms with van der Waals surface area (Å²) in [7, 11) is 0. The molecule has 2 fully saturated rings. The fourth-order valence-electron chi connectivity index (χ4n) is 5.16. The molecule has 4 aromatic carbocycles. The fourth-order valence-corrected chi connectivity index (χ4v) is 6.00. The number of alkyl halides is 4. The van der Waals surface area contributed by atoms with Gasteiger partial charge < -0.3 is 4.79 Å². The van der Waals surface area contributed by atoms with Gasteiger partial charge in [-0.2, -0.15) is 0 Å².